The fourth-order valence-corrected chi connectivity index (χ4v) is 4.58. The number of likely N-dealkylation sites (tertiary alicyclic amines) is 1. The summed E-state index contributed by atoms with van der Waals surface area (Å²) in [6.07, 6.45) is 3.92. The molecule has 0 saturated carbocycles. The van der Waals surface area contributed by atoms with Crippen molar-refractivity contribution in [3.05, 3.63) is 60.3 Å². The average molecular weight is 438 g/mol. The second-order valence-electron chi connectivity index (χ2n) is 9.37. The summed E-state index contributed by atoms with van der Waals surface area (Å²) in [5, 5.41) is 9.12. The molecule has 1 saturated heterocycles. The minimum atomic E-state index is -0.892. The van der Waals surface area contributed by atoms with Gasteiger partial charge in [0.15, 0.2) is 0 Å². The second kappa shape index (κ2) is 8.73. The number of benzene rings is 1. The van der Waals surface area contributed by atoms with Crippen LogP contribution in [0.1, 0.15) is 51.3 Å². The van der Waals surface area contributed by atoms with E-state index in [1.165, 1.54) is 12.1 Å². The maximum absolute atomic E-state index is 13.4. The minimum Gasteiger partial charge on any atom is -0.481 e. The molecule has 4 rings (SSSR count). The zero-order valence-corrected chi connectivity index (χ0v) is 18.4. The van der Waals surface area contributed by atoms with Crippen molar-refractivity contribution < 1.29 is 19.1 Å². The Kier molecular flexibility index (Phi) is 6.00. The molecule has 0 radical (unpaired) electrons. The quantitative estimate of drug-likeness (QED) is 0.605. The van der Waals surface area contributed by atoms with Crippen molar-refractivity contribution in [1.82, 2.24) is 14.3 Å². The van der Waals surface area contributed by atoms with Crippen LogP contribution in [-0.2, 0) is 9.59 Å². The first-order valence-corrected chi connectivity index (χ1v) is 11.0. The molecule has 1 aliphatic rings. The molecule has 1 aromatic carbocycles. The van der Waals surface area contributed by atoms with Gasteiger partial charge in [-0.1, -0.05) is 19.9 Å². The van der Waals surface area contributed by atoms with Gasteiger partial charge in [-0.25, -0.2) is 9.37 Å². The first-order chi connectivity index (χ1) is 15.2. The number of nitrogens with zero attached hydrogens (tertiary/aromatic N) is 3. The predicted molar refractivity (Wildman–Crippen MR) is 120 cm³/mol. The first kappa shape index (κ1) is 22.0. The number of carbonyl (C=O) groups is 2. The summed E-state index contributed by atoms with van der Waals surface area (Å²) in [6, 6.07) is 12.2. The number of imidazole rings is 1. The third kappa shape index (κ3) is 4.66. The van der Waals surface area contributed by atoms with E-state index in [1.54, 1.807) is 12.1 Å². The van der Waals surface area contributed by atoms with Gasteiger partial charge in [-0.2, -0.15) is 0 Å². The third-order valence-electron chi connectivity index (χ3n) is 6.09. The normalized spacial score (nSPS) is 17.0. The first-order valence-electron chi connectivity index (χ1n) is 11.0. The zero-order valence-electron chi connectivity index (χ0n) is 18.4. The minimum absolute atomic E-state index is 0.0134. The lowest BCUT2D eigenvalue weighted by Gasteiger charge is -2.34. The van der Waals surface area contributed by atoms with E-state index < -0.39 is 11.4 Å². The van der Waals surface area contributed by atoms with E-state index in [0.717, 1.165) is 35.4 Å². The Bertz CT molecular complexity index is 1140. The number of halogens is 1. The van der Waals surface area contributed by atoms with Crippen LogP contribution in [0.5, 0.6) is 0 Å². The van der Waals surface area contributed by atoms with E-state index >= 15 is 0 Å². The topological polar surface area (TPSA) is 74.9 Å². The molecule has 1 atom stereocenters. The number of amides is 1. The Morgan fingerprint density at radius 2 is 1.91 bits per heavy atom. The summed E-state index contributed by atoms with van der Waals surface area (Å²) in [4.78, 5) is 30.9. The maximum atomic E-state index is 13.4. The van der Waals surface area contributed by atoms with E-state index in [1.807, 2.05) is 43.1 Å². The smallest absolute Gasteiger partial charge is 0.303 e. The second-order valence-corrected chi connectivity index (χ2v) is 9.37. The van der Waals surface area contributed by atoms with E-state index in [9.17, 15) is 14.0 Å². The van der Waals surface area contributed by atoms with Gasteiger partial charge in [-0.15, -0.1) is 0 Å². The van der Waals surface area contributed by atoms with Crippen LogP contribution in [0.2, 0.25) is 0 Å². The van der Waals surface area contributed by atoms with Crippen LogP contribution < -0.4 is 0 Å². The lowest BCUT2D eigenvalue weighted by Crippen LogP contribution is -2.41. The van der Waals surface area contributed by atoms with Crippen LogP contribution in [0.15, 0.2) is 48.7 Å². The number of pyridine rings is 1. The molecule has 7 heteroatoms. The van der Waals surface area contributed by atoms with Crippen molar-refractivity contribution in [2.75, 3.05) is 13.1 Å². The molecule has 6 nitrogen and oxygen atoms in total. The maximum Gasteiger partial charge on any atom is 0.303 e. The standard InChI is InChI=1S/C25H28FN3O3/c1-25(2,15-22(31)32)14-21(30)28-12-5-6-18(16-28)24-27-23(17-8-10-19(26)11-9-17)20-7-3-4-13-29(20)24/h3-4,7-11,13,18H,5-6,12,14-16H2,1-2H3,(H,31,32). The van der Waals surface area contributed by atoms with Gasteiger partial charge in [0, 0.05) is 37.2 Å². The summed E-state index contributed by atoms with van der Waals surface area (Å²) in [5.41, 5.74) is 2.00. The monoisotopic (exact) mass is 437 g/mol. The fraction of sp³-hybridized carbons (Fsp3) is 0.400. The number of carboxylic acid groups (broad SMARTS) is 1. The summed E-state index contributed by atoms with van der Waals surface area (Å²) in [7, 11) is 0. The van der Waals surface area contributed by atoms with Crippen molar-refractivity contribution >= 4 is 17.4 Å². The Labute approximate surface area is 186 Å². The SMILES string of the molecule is CC(C)(CC(=O)O)CC(=O)N1CCCC(c2nc(-c3ccc(F)cc3)c3ccccn23)C1. The molecule has 1 N–H and O–H groups in total. The van der Waals surface area contributed by atoms with E-state index in [0.29, 0.717) is 13.1 Å². The molecule has 168 valence electrons. The molecule has 3 heterocycles. The van der Waals surface area contributed by atoms with Gasteiger partial charge in [0.2, 0.25) is 5.91 Å². The van der Waals surface area contributed by atoms with Crippen LogP contribution >= 0.6 is 0 Å². The van der Waals surface area contributed by atoms with Crippen molar-refractivity contribution in [2.45, 2.75) is 45.4 Å². The predicted octanol–water partition coefficient (Wildman–Crippen LogP) is 4.74. The number of piperidine rings is 1. The van der Waals surface area contributed by atoms with Crippen LogP contribution in [-0.4, -0.2) is 44.4 Å². The Morgan fingerprint density at radius 3 is 2.62 bits per heavy atom. The molecule has 1 fully saturated rings. The highest BCUT2D eigenvalue weighted by Crippen LogP contribution is 2.33. The molecule has 32 heavy (non-hydrogen) atoms. The lowest BCUT2D eigenvalue weighted by atomic mass is 9.84. The average Bonchev–Trinajstić information content (AvgIpc) is 3.13. The highest BCUT2D eigenvalue weighted by atomic mass is 19.1. The number of rotatable bonds is 6. The lowest BCUT2D eigenvalue weighted by molar-refractivity contribution is -0.141. The number of hydrogen-bond donors (Lipinski definition) is 1. The number of carbonyl (C=O) groups excluding carboxylic acids is 1. The van der Waals surface area contributed by atoms with Gasteiger partial charge in [0.1, 0.15) is 11.6 Å². The van der Waals surface area contributed by atoms with Gasteiger partial charge in [-0.05, 0) is 54.7 Å². The van der Waals surface area contributed by atoms with E-state index in [-0.39, 0.29) is 30.5 Å². The van der Waals surface area contributed by atoms with Crippen LogP contribution in [0.3, 0.4) is 0 Å². The molecule has 0 spiro atoms. The molecular weight excluding hydrogens is 409 g/mol. The third-order valence-corrected chi connectivity index (χ3v) is 6.09. The number of aromatic nitrogens is 2. The summed E-state index contributed by atoms with van der Waals surface area (Å²) in [5.74, 6) is -0.233. The fourth-order valence-electron chi connectivity index (χ4n) is 4.58. The molecular formula is C25H28FN3O3. The van der Waals surface area contributed by atoms with Crippen LogP contribution in [0.4, 0.5) is 4.39 Å². The summed E-state index contributed by atoms with van der Waals surface area (Å²) >= 11 is 0. The molecule has 3 aromatic rings. The van der Waals surface area contributed by atoms with Crippen molar-refractivity contribution in [2.24, 2.45) is 5.41 Å². The Balaban J connectivity index is 1.60. The number of aliphatic carboxylic acids is 1. The van der Waals surface area contributed by atoms with Gasteiger partial charge in [0.25, 0.3) is 0 Å². The molecule has 1 amide bonds. The van der Waals surface area contributed by atoms with Crippen molar-refractivity contribution in [3.8, 4) is 11.3 Å². The summed E-state index contributed by atoms with van der Waals surface area (Å²) in [6.45, 7) is 4.86. The molecule has 2 aromatic heterocycles. The highest BCUT2D eigenvalue weighted by Gasteiger charge is 2.32. The van der Waals surface area contributed by atoms with Gasteiger partial charge < -0.3 is 14.4 Å². The summed E-state index contributed by atoms with van der Waals surface area (Å²) < 4.78 is 15.5. The Morgan fingerprint density at radius 1 is 1.16 bits per heavy atom. The van der Waals surface area contributed by atoms with E-state index in [4.69, 9.17) is 10.1 Å². The Hall–Kier alpha value is -3.22. The molecule has 0 bridgehead atoms. The van der Waals surface area contributed by atoms with Gasteiger partial charge in [0.05, 0.1) is 17.6 Å². The zero-order chi connectivity index (χ0) is 22.9. The van der Waals surface area contributed by atoms with Gasteiger partial charge in [-0.3, -0.25) is 9.59 Å². The van der Waals surface area contributed by atoms with E-state index in [2.05, 4.69) is 4.40 Å². The van der Waals surface area contributed by atoms with Gasteiger partial charge >= 0.3 is 5.97 Å². The number of carboxylic acids is 1. The number of fused-ring (bicyclic) bond motifs is 1. The van der Waals surface area contributed by atoms with Crippen LogP contribution in [0, 0.1) is 11.2 Å². The van der Waals surface area contributed by atoms with Crippen LogP contribution in [0.25, 0.3) is 16.8 Å². The molecule has 0 aliphatic carbocycles. The molecule has 1 unspecified atom stereocenters. The largest absolute Gasteiger partial charge is 0.481 e. The van der Waals surface area contributed by atoms with Crippen molar-refractivity contribution in [1.29, 1.82) is 0 Å². The number of hydrogen-bond acceptors (Lipinski definition) is 3. The van der Waals surface area contributed by atoms with Crippen molar-refractivity contribution in [3.63, 3.8) is 0 Å². The molecule has 1 aliphatic heterocycles. The highest BCUT2D eigenvalue weighted by molar-refractivity contribution is 5.79.